The van der Waals surface area contributed by atoms with Crippen LogP contribution in [-0.4, -0.2) is 0 Å². The van der Waals surface area contributed by atoms with Gasteiger partial charge in [-0.2, -0.15) is 0 Å². The molecule has 4 heteroatoms. The van der Waals surface area contributed by atoms with Crippen molar-refractivity contribution in [2.75, 3.05) is 0 Å². The number of hydrogen-bond donors (Lipinski definition) is 0. The molecule has 0 spiro atoms. The van der Waals surface area contributed by atoms with Gasteiger partial charge in [0.2, 0.25) is 0 Å². The molecule has 19 heavy (non-hydrogen) atoms. The molecule has 2 atom stereocenters. The van der Waals surface area contributed by atoms with Crippen LogP contribution in [0.3, 0.4) is 0 Å². The van der Waals surface area contributed by atoms with Gasteiger partial charge in [0, 0.05) is 17.7 Å². The fourth-order valence-electron chi connectivity index (χ4n) is 1.99. The number of hydrogen-bond acceptors (Lipinski definition) is 0. The van der Waals surface area contributed by atoms with Gasteiger partial charge in [-0.25, -0.2) is 13.2 Å². The fourth-order valence-corrected chi connectivity index (χ4v) is 2.73. The summed E-state index contributed by atoms with van der Waals surface area (Å²) in [6, 6.07) is 10.8. The molecule has 2 unspecified atom stereocenters. The van der Waals surface area contributed by atoms with Gasteiger partial charge in [-0.1, -0.05) is 53.2 Å². The SMILES string of the molecule is CC(c1ccccc1)C(Br)c1c(F)cc(F)cc1F. The first-order valence-electron chi connectivity index (χ1n) is 5.84. The van der Waals surface area contributed by atoms with E-state index in [4.69, 9.17) is 0 Å². The maximum atomic E-state index is 13.7. The Bertz CT molecular complexity index is 546. The zero-order valence-electron chi connectivity index (χ0n) is 10.2. The van der Waals surface area contributed by atoms with E-state index in [2.05, 4.69) is 15.9 Å². The second-order valence-corrected chi connectivity index (χ2v) is 5.37. The smallest absolute Gasteiger partial charge is 0.133 e. The van der Waals surface area contributed by atoms with Crippen LogP contribution in [-0.2, 0) is 0 Å². The first-order valence-corrected chi connectivity index (χ1v) is 6.75. The summed E-state index contributed by atoms with van der Waals surface area (Å²) >= 11 is 3.31. The Kier molecular flexibility index (Phi) is 4.30. The van der Waals surface area contributed by atoms with Crippen LogP contribution in [0.5, 0.6) is 0 Å². The van der Waals surface area contributed by atoms with E-state index in [-0.39, 0.29) is 11.5 Å². The molecule has 0 aromatic heterocycles. The van der Waals surface area contributed by atoms with Crippen LogP contribution < -0.4 is 0 Å². The van der Waals surface area contributed by atoms with Crippen LogP contribution in [0.1, 0.15) is 28.8 Å². The summed E-state index contributed by atoms with van der Waals surface area (Å²) in [6.45, 7) is 1.86. The van der Waals surface area contributed by atoms with Crippen molar-refractivity contribution in [3.8, 4) is 0 Å². The average Bonchev–Trinajstić information content (AvgIpc) is 2.37. The van der Waals surface area contributed by atoms with Crippen molar-refractivity contribution in [2.45, 2.75) is 17.7 Å². The average molecular weight is 329 g/mol. The lowest BCUT2D eigenvalue weighted by atomic mass is 9.93. The standard InChI is InChI=1S/C15H12BrF3/c1-9(10-5-3-2-4-6-10)15(16)14-12(18)7-11(17)8-13(14)19/h2-9,15H,1H3. The molecule has 0 nitrogen and oxygen atoms in total. The van der Waals surface area contributed by atoms with Crippen LogP contribution >= 0.6 is 15.9 Å². The molecule has 2 aromatic carbocycles. The Morgan fingerprint density at radius 3 is 2.00 bits per heavy atom. The molecule has 0 aliphatic heterocycles. The minimum absolute atomic E-state index is 0.141. The molecule has 0 amide bonds. The maximum Gasteiger partial charge on any atom is 0.133 e. The molecule has 0 bridgehead atoms. The lowest BCUT2D eigenvalue weighted by Gasteiger charge is -2.20. The van der Waals surface area contributed by atoms with Gasteiger partial charge in [0.05, 0.1) is 4.83 Å². The van der Waals surface area contributed by atoms with E-state index in [0.29, 0.717) is 12.1 Å². The first-order chi connectivity index (χ1) is 9.00. The summed E-state index contributed by atoms with van der Waals surface area (Å²) < 4.78 is 40.4. The van der Waals surface area contributed by atoms with E-state index in [1.807, 2.05) is 37.3 Å². The largest absolute Gasteiger partial charge is 0.207 e. The molecular weight excluding hydrogens is 317 g/mol. The van der Waals surface area contributed by atoms with Crippen LogP contribution in [0.25, 0.3) is 0 Å². The predicted molar refractivity (Wildman–Crippen MR) is 72.8 cm³/mol. The van der Waals surface area contributed by atoms with Crippen molar-refractivity contribution >= 4 is 15.9 Å². The van der Waals surface area contributed by atoms with Crippen LogP contribution in [0.4, 0.5) is 13.2 Å². The molecule has 0 saturated carbocycles. The molecule has 0 N–H and O–H groups in total. The molecule has 100 valence electrons. The Morgan fingerprint density at radius 1 is 0.947 bits per heavy atom. The number of benzene rings is 2. The highest BCUT2D eigenvalue weighted by molar-refractivity contribution is 9.09. The van der Waals surface area contributed by atoms with Gasteiger partial charge in [0.25, 0.3) is 0 Å². The quantitative estimate of drug-likeness (QED) is 0.667. The summed E-state index contributed by atoms with van der Waals surface area (Å²) in [5.41, 5.74) is 0.810. The highest BCUT2D eigenvalue weighted by Gasteiger charge is 2.25. The normalized spacial score (nSPS) is 14.2. The maximum absolute atomic E-state index is 13.7. The Morgan fingerprint density at radius 2 is 1.47 bits per heavy atom. The Balaban J connectivity index is 2.37. The number of rotatable bonds is 3. The van der Waals surface area contributed by atoms with Crippen molar-refractivity contribution in [2.24, 2.45) is 0 Å². The third-order valence-corrected chi connectivity index (χ3v) is 4.33. The summed E-state index contributed by atoms with van der Waals surface area (Å²) in [5.74, 6) is -2.80. The van der Waals surface area contributed by atoms with E-state index in [0.717, 1.165) is 5.56 Å². The molecule has 0 saturated heterocycles. The van der Waals surface area contributed by atoms with E-state index in [9.17, 15) is 13.2 Å². The van der Waals surface area contributed by atoms with E-state index >= 15 is 0 Å². The predicted octanol–water partition coefficient (Wildman–Crippen LogP) is 5.34. The van der Waals surface area contributed by atoms with E-state index in [1.165, 1.54) is 0 Å². The monoisotopic (exact) mass is 328 g/mol. The zero-order valence-corrected chi connectivity index (χ0v) is 11.8. The molecule has 0 aliphatic carbocycles. The molecule has 2 rings (SSSR count). The number of halogens is 4. The van der Waals surface area contributed by atoms with Crippen molar-refractivity contribution < 1.29 is 13.2 Å². The van der Waals surface area contributed by atoms with Crippen LogP contribution in [0.15, 0.2) is 42.5 Å². The van der Waals surface area contributed by atoms with Gasteiger partial charge in [0.15, 0.2) is 0 Å². The molecule has 2 aromatic rings. The van der Waals surface area contributed by atoms with Gasteiger partial charge >= 0.3 is 0 Å². The molecule has 0 fully saturated rings. The second-order valence-electron chi connectivity index (χ2n) is 4.38. The van der Waals surface area contributed by atoms with Crippen molar-refractivity contribution in [1.29, 1.82) is 0 Å². The Hall–Kier alpha value is -1.29. The van der Waals surface area contributed by atoms with Gasteiger partial charge in [-0.15, -0.1) is 0 Å². The third-order valence-electron chi connectivity index (χ3n) is 3.08. The summed E-state index contributed by atoms with van der Waals surface area (Å²) in [4.78, 5) is -0.560. The summed E-state index contributed by atoms with van der Waals surface area (Å²) in [5, 5.41) is 0. The van der Waals surface area contributed by atoms with Gasteiger partial charge in [-0.05, 0) is 11.5 Å². The summed E-state index contributed by atoms with van der Waals surface area (Å²) in [6.07, 6.45) is 0. The van der Waals surface area contributed by atoms with Crippen LogP contribution in [0.2, 0.25) is 0 Å². The van der Waals surface area contributed by atoms with Crippen LogP contribution in [0, 0.1) is 17.5 Å². The van der Waals surface area contributed by atoms with Crippen molar-refractivity contribution in [1.82, 2.24) is 0 Å². The minimum atomic E-state index is -0.911. The molecule has 0 radical (unpaired) electrons. The molecule has 0 heterocycles. The Labute approximate surface area is 118 Å². The third kappa shape index (κ3) is 3.00. The highest BCUT2D eigenvalue weighted by atomic mass is 79.9. The van der Waals surface area contributed by atoms with Gasteiger partial charge in [0.1, 0.15) is 17.5 Å². The van der Waals surface area contributed by atoms with E-state index in [1.54, 1.807) is 0 Å². The lowest BCUT2D eigenvalue weighted by Crippen LogP contribution is -2.07. The molecular formula is C15H12BrF3. The second kappa shape index (κ2) is 5.78. The zero-order chi connectivity index (χ0) is 14.0. The highest BCUT2D eigenvalue weighted by Crippen LogP contribution is 2.40. The first kappa shape index (κ1) is 14.1. The van der Waals surface area contributed by atoms with E-state index < -0.39 is 22.3 Å². The summed E-state index contributed by atoms with van der Waals surface area (Å²) in [7, 11) is 0. The molecule has 0 aliphatic rings. The van der Waals surface area contributed by atoms with Crippen molar-refractivity contribution in [3.05, 3.63) is 71.0 Å². The number of alkyl halides is 1. The van der Waals surface area contributed by atoms with Gasteiger partial charge in [-0.3, -0.25) is 0 Å². The lowest BCUT2D eigenvalue weighted by molar-refractivity contribution is 0.514. The topological polar surface area (TPSA) is 0 Å². The fraction of sp³-hybridized carbons (Fsp3) is 0.200. The van der Waals surface area contributed by atoms with Gasteiger partial charge < -0.3 is 0 Å². The minimum Gasteiger partial charge on any atom is -0.207 e. The van der Waals surface area contributed by atoms with Crippen molar-refractivity contribution in [3.63, 3.8) is 0 Å².